The molecule has 178 valence electrons. The highest BCUT2D eigenvalue weighted by Crippen LogP contribution is 2.31. The minimum atomic E-state index is 0.540. The van der Waals surface area contributed by atoms with Gasteiger partial charge in [-0.1, -0.05) is 17.7 Å². The molecule has 0 amide bonds. The Morgan fingerprint density at radius 2 is 1.53 bits per heavy atom. The van der Waals surface area contributed by atoms with Gasteiger partial charge >= 0.3 is 0 Å². The van der Waals surface area contributed by atoms with Crippen molar-refractivity contribution in [1.82, 2.24) is 9.97 Å². The molecular weight excluding hydrogens is 452 g/mol. The van der Waals surface area contributed by atoms with Crippen molar-refractivity contribution in [2.24, 2.45) is 0 Å². The van der Waals surface area contributed by atoms with Crippen LogP contribution in [0.3, 0.4) is 0 Å². The standard InChI is InChI=1S/C25H29ClN6O2/c1-30(21-4-2-3-19(26)15-21)24-5-6-27-25(29-24)28-20-16-22(31-7-11-33-12-8-31)18-23(17-20)32-9-13-34-14-10-32/h2-6,15-18H,7-14H2,1H3,(H,27,28,29). The molecular formula is C25H29ClN6O2. The second-order valence-corrected chi connectivity index (χ2v) is 8.78. The van der Waals surface area contributed by atoms with Crippen molar-refractivity contribution in [1.29, 1.82) is 0 Å². The van der Waals surface area contributed by atoms with Crippen LogP contribution in [0.5, 0.6) is 0 Å². The third kappa shape index (κ3) is 5.35. The summed E-state index contributed by atoms with van der Waals surface area (Å²) >= 11 is 6.18. The minimum Gasteiger partial charge on any atom is -0.378 e. The average Bonchev–Trinajstić information content (AvgIpc) is 2.89. The molecule has 1 aromatic heterocycles. The number of anilines is 6. The average molecular weight is 481 g/mol. The molecule has 2 aliphatic rings. The van der Waals surface area contributed by atoms with Gasteiger partial charge < -0.3 is 29.5 Å². The fourth-order valence-electron chi connectivity index (χ4n) is 4.22. The second kappa shape index (κ2) is 10.5. The van der Waals surface area contributed by atoms with E-state index in [2.05, 4.69) is 38.3 Å². The maximum atomic E-state index is 6.18. The maximum Gasteiger partial charge on any atom is 0.229 e. The summed E-state index contributed by atoms with van der Waals surface area (Å²) < 4.78 is 11.1. The van der Waals surface area contributed by atoms with Crippen molar-refractivity contribution in [2.75, 3.05) is 79.7 Å². The Hall–Kier alpha value is -3.07. The second-order valence-electron chi connectivity index (χ2n) is 8.34. The van der Waals surface area contributed by atoms with Crippen molar-refractivity contribution in [3.05, 3.63) is 59.8 Å². The predicted molar refractivity (Wildman–Crippen MR) is 137 cm³/mol. The molecule has 3 heterocycles. The summed E-state index contributed by atoms with van der Waals surface area (Å²) in [6.07, 6.45) is 1.76. The summed E-state index contributed by atoms with van der Waals surface area (Å²) in [5.74, 6) is 1.32. The van der Waals surface area contributed by atoms with E-state index in [9.17, 15) is 0 Å². The summed E-state index contributed by atoms with van der Waals surface area (Å²) in [6.45, 7) is 6.48. The highest BCUT2D eigenvalue weighted by Gasteiger charge is 2.17. The molecule has 0 saturated carbocycles. The number of morpholine rings is 2. The number of halogens is 1. The Balaban J connectivity index is 1.42. The van der Waals surface area contributed by atoms with Gasteiger partial charge in [0.1, 0.15) is 5.82 Å². The summed E-state index contributed by atoms with van der Waals surface area (Å²) in [4.78, 5) is 15.9. The number of benzene rings is 2. The van der Waals surface area contributed by atoms with Crippen molar-refractivity contribution in [3.8, 4) is 0 Å². The highest BCUT2D eigenvalue weighted by atomic mass is 35.5. The zero-order valence-electron chi connectivity index (χ0n) is 19.3. The lowest BCUT2D eigenvalue weighted by molar-refractivity contribution is 0.122. The Morgan fingerprint density at radius 1 is 0.882 bits per heavy atom. The van der Waals surface area contributed by atoms with Gasteiger partial charge in [-0.25, -0.2) is 4.98 Å². The smallest absolute Gasteiger partial charge is 0.229 e. The van der Waals surface area contributed by atoms with Crippen LogP contribution in [-0.2, 0) is 9.47 Å². The summed E-state index contributed by atoms with van der Waals surface area (Å²) in [7, 11) is 1.97. The summed E-state index contributed by atoms with van der Waals surface area (Å²) in [5, 5.41) is 4.12. The lowest BCUT2D eigenvalue weighted by atomic mass is 10.2. The van der Waals surface area contributed by atoms with Crippen molar-refractivity contribution in [3.63, 3.8) is 0 Å². The zero-order chi connectivity index (χ0) is 23.3. The van der Waals surface area contributed by atoms with Crippen LogP contribution in [0.2, 0.25) is 5.02 Å². The van der Waals surface area contributed by atoms with E-state index in [1.54, 1.807) is 6.20 Å². The molecule has 0 aliphatic carbocycles. The molecule has 5 rings (SSSR count). The summed E-state index contributed by atoms with van der Waals surface area (Å²) in [5.41, 5.74) is 4.25. The minimum absolute atomic E-state index is 0.540. The van der Waals surface area contributed by atoms with Crippen molar-refractivity contribution < 1.29 is 9.47 Å². The van der Waals surface area contributed by atoms with E-state index >= 15 is 0 Å². The van der Waals surface area contributed by atoms with Gasteiger partial charge in [0.25, 0.3) is 0 Å². The first-order valence-corrected chi connectivity index (χ1v) is 11.9. The monoisotopic (exact) mass is 480 g/mol. The van der Waals surface area contributed by atoms with Gasteiger partial charge in [0.2, 0.25) is 5.95 Å². The van der Waals surface area contributed by atoms with Gasteiger partial charge in [-0.15, -0.1) is 0 Å². The molecule has 0 unspecified atom stereocenters. The number of aromatic nitrogens is 2. The van der Waals surface area contributed by atoms with Crippen LogP contribution < -0.4 is 20.0 Å². The van der Waals surface area contributed by atoms with Crippen LogP contribution in [-0.4, -0.2) is 69.6 Å². The molecule has 0 atom stereocenters. The molecule has 2 aliphatic heterocycles. The Morgan fingerprint density at radius 3 is 2.15 bits per heavy atom. The first-order valence-electron chi connectivity index (χ1n) is 11.6. The number of rotatable bonds is 6. The van der Waals surface area contributed by atoms with E-state index in [4.69, 9.17) is 26.1 Å². The molecule has 34 heavy (non-hydrogen) atoms. The Kier molecular flexibility index (Phi) is 6.99. The third-order valence-corrected chi connectivity index (χ3v) is 6.33. The predicted octanol–water partition coefficient (Wildman–Crippen LogP) is 4.31. The molecule has 2 saturated heterocycles. The van der Waals surface area contributed by atoms with Gasteiger partial charge in [-0.3, -0.25) is 0 Å². The lowest BCUT2D eigenvalue weighted by Gasteiger charge is -2.33. The first-order chi connectivity index (χ1) is 16.7. The van der Waals surface area contributed by atoms with Crippen molar-refractivity contribution in [2.45, 2.75) is 0 Å². The fourth-order valence-corrected chi connectivity index (χ4v) is 4.40. The van der Waals surface area contributed by atoms with Crippen LogP contribution in [0.25, 0.3) is 0 Å². The quantitative estimate of drug-likeness (QED) is 0.559. The molecule has 0 bridgehead atoms. The van der Waals surface area contributed by atoms with E-state index in [0.29, 0.717) is 11.0 Å². The van der Waals surface area contributed by atoms with Crippen LogP contribution >= 0.6 is 11.6 Å². The molecule has 0 radical (unpaired) electrons. The van der Waals surface area contributed by atoms with Crippen LogP contribution in [0, 0.1) is 0 Å². The van der Waals surface area contributed by atoms with E-state index in [1.165, 1.54) is 11.4 Å². The highest BCUT2D eigenvalue weighted by molar-refractivity contribution is 6.30. The zero-order valence-corrected chi connectivity index (χ0v) is 20.0. The van der Waals surface area contributed by atoms with Crippen molar-refractivity contribution >= 4 is 46.1 Å². The lowest BCUT2D eigenvalue weighted by Crippen LogP contribution is -2.38. The number of hydrogen-bond donors (Lipinski definition) is 1. The van der Waals surface area contributed by atoms with Gasteiger partial charge in [0.05, 0.1) is 26.4 Å². The molecule has 9 heteroatoms. The van der Waals surface area contributed by atoms with E-state index < -0.39 is 0 Å². The van der Waals surface area contributed by atoms with E-state index in [1.807, 2.05) is 42.3 Å². The molecule has 3 aromatic rings. The van der Waals surface area contributed by atoms with Gasteiger partial charge in [0, 0.05) is 67.2 Å². The summed E-state index contributed by atoms with van der Waals surface area (Å²) in [6, 6.07) is 16.2. The number of hydrogen-bond acceptors (Lipinski definition) is 8. The SMILES string of the molecule is CN(c1cccc(Cl)c1)c1ccnc(Nc2cc(N3CCOCC3)cc(N3CCOCC3)c2)n1. The first kappa shape index (κ1) is 22.7. The molecule has 2 aromatic carbocycles. The Bertz CT molecular complexity index is 1080. The molecule has 8 nitrogen and oxygen atoms in total. The number of nitrogens with one attached hydrogen (secondary N) is 1. The van der Waals surface area contributed by atoms with Gasteiger partial charge in [-0.05, 0) is 42.5 Å². The maximum absolute atomic E-state index is 6.18. The largest absolute Gasteiger partial charge is 0.378 e. The number of ether oxygens (including phenoxy) is 2. The number of nitrogens with zero attached hydrogens (tertiary/aromatic N) is 5. The topological polar surface area (TPSA) is 66.0 Å². The van der Waals surface area contributed by atoms with Gasteiger partial charge in [0.15, 0.2) is 0 Å². The molecule has 1 N–H and O–H groups in total. The normalized spacial score (nSPS) is 16.4. The van der Waals surface area contributed by atoms with Crippen LogP contribution in [0.15, 0.2) is 54.7 Å². The van der Waals surface area contributed by atoms with Crippen LogP contribution in [0.4, 0.5) is 34.5 Å². The molecule has 0 spiro atoms. The molecule has 2 fully saturated rings. The van der Waals surface area contributed by atoms with E-state index in [-0.39, 0.29) is 0 Å². The van der Waals surface area contributed by atoms with Crippen LogP contribution in [0.1, 0.15) is 0 Å². The van der Waals surface area contributed by atoms with E-state index in [0.717, 1.165) is 69.8 Å². The third-order valence-electron chi connectivity index (χ3n) is 6.09. The van der Waals surface area contributed by atoms with Gasteiger partial charge in [-0.2, -0.15) is 4.98 Å². The Labute approximate surface area is 205 Å². The fraction of sp³-hybridized carbons (Fsp3) is 0.360.